The Morgan fingerprint density at radius 3 is 1.27 bits per heavy atom. The Morgan fingerprint density at radius 2 is 1.20 bits per heavy atom. The number of aliphatic carboxylic acids is 3. The summed E-state index contributed by atoms with van der Waals surface area (Å²) < 4.78 is 0. The van der Waals surface area contributed by atoms with Crippen molar-refractivity contribution in [1.29, 1.82) is 0 Å². The zero-order chi connectivity index (χ0) is 10.6. The van der Waals surface area contributed by atoms with Crippen molar-refractivity contribution in [1.82, 2.24) is 0 Å². The molecule has 0 aromatic carbocycles. The van der Waals surface area contributed by atoms with Crippen LogP contribution in [0, 0.1) is 5.41 Å². The third-order valence-electron chi connectivity index (χ3n) is 1.72. The van der Waals surface area contributed by atoms with Crippen LogP contribution in [0.4, 0.5) is 0 Å². The summed E-state index contributed by atoms with van der Waals surface area (Å²) in [4.78, 5) is 31.6. The van der Waals surface area contributed by atoms with Crippen LogP contribution in [0.2, 0.25) is 0 Å². The van der Waals surface area contributed by atoms with Gasteiger partial charge in [0.2, 0.25) is 0 Å². The lowest BCUT2D eigenvalue weighted by atomic mass is 9.83. The molecule has 90 valence electrons. The van der Waals surface area contributed by atoms with Crippen LogP contribution in [-0.2, 0) is 14.4 Å². The standard InChI is InChI=1S/C7H10O6.2ClH/c1-2-3-7(4(8)9,5(10)11)6(12)13;;/h2-3H2,1H3,(H,8,9)(H,10,11)(H,12,13);2*1H. The number of halogens is 2. The molecule has 0 amide bonds. The predicted molar refractivity (Wildman–Crippen MR) is 54.7 cm³/mol. The van der Waals surface area contributed by atoms with Crippen molar-refractivity contribution in [3.8, 4) is 0 Å². The van der Waals surface area contributed by atoms with Gasteiger partial charge in [-0.05, 0) is 6.42 Å². The Hall–Kier alpha value is -1.01. The Morgan fingerprint density at radius 1 is 0.933 bits per heavy atom. The van der Waals surface area contributed by atoms with E-state index >= 15 is 0 Å². The number of rotatable bonds is 5. The van der Waals surface area contributed by atoms with Crippen LogP contribution in [0.25, 0.3) is 0 Å². The van der Waals surface area contributed by atoms with Gasteiger partial charge in [-0.3, -0.25) is 14.4 Å². The molecule has 3 N–H and O–H groups in total. The van der Waals surface area contributed by atoms with Gasteiger partial charge in [0.25, 0.3) is 5.41 Å². The van der Waals surface area contributed by atoms with Crippen molar-refractivity contribution in [2.45, 2.75) is 19.8 Å². The van der Waals surface area contributed by atoms with Gasteiger partial charge in [0.05, 0.1) is 0 Å². The van der Waals surface area contributed by atoms with E-state index in [2.05, 4.69) is 0 Å². The highest BCUT2D eigenvalue weighted by atomic mass is 35.5. The first-order valence-corrected chi connectivity index (χ1v) is 3.59. The Balaban J connectivity index is -0.000000720. The molecule has 0 heterocycles. The molecule has 15 heavy (non-hydrogen) atoms. The highest BCUT2D eigenvalue weighted by Gasteiger charge is 2.53. The maximum absolute atomic E-state index is 10.5. The molecule has 0 saturated heterocycles. The number of carboxylic acid groups (broad SMARTS) is 3. The number of hydrogen-bond acceptors (Lipinski definition) is 3. The fourth-order valence-corrected chi connectivity index (χ4v) is 0.970. The molecule has 0 aliphatic heterocycles. The van der Waals surface area contributed by atoms with Gasteiger partial charge in [-0.2, -0.15) is 0 Å². The summed E-state index contributed by atoms with van der Waals surface area (Å²) in [6.07, 6.45) is -0.252. The molecule has 0 aliphatic rings. The summed E-state index contributed by atoms with van der Waals surface area (Å²) in [5.41, 5.74) is -2.70. The lowest BCUT2D eigenvalue weighted by Gasteiger charge is -2.18. The molecule has 0 rings (SSSR count). The van der Waals surface area contributed by atoms with E-state index in [9.17, 15) is 14.4 Å². The first kappa shape index (κ1) is 19.5. The van der Waals surface area contributed by atoms with Gasteiger partial charge in [-0.25, -0.2) is 0 Å². The van der Waals surface area contributed by atoms with Crippen LogP contribution in [0.15, 0.2) is 0 Å². The van der Waals surface area contributed by atoms with E-state index in [4.69, 9.17) is 15.3 Å². The van der Waals surface area contributed by atoms with Gasteiger partial charge in [0.15, 0.2) is 0 Å². The quantitative estimate of drug-likeness (QED) is 0.634. The van der Waals surface area contributed by atoms with E-state index in [0.29, 0.717) is 0 Å². The summed E-state index contributed by atoms with van der Waals surface area (Å²) >= 11 is 0. The molecule has 0 atom stereocenters. The van der Waals surface area contributed by atoms with Crippen molar-refractivity contribution in [2.75, 3.05) is 0 Å². The van der Waals surface area contributed by atoms with E-state index in [0.717, 1.165) is 0 Å². The molecule has 0 radical (unpaired) electrons. The minimum atomic E-state index is -2.70. The van der Waals surface area contributed by atoms with Crippen LogP contribution in [0.1, 0.15) is 19.8 Å². The topological polar surface area (TPSA) is 112 Å². The maximum Gasteiger partial charge on any atom is 0.332 e. The smallest absolute Gasteiger partial charge is 0.332 e. The van der Waals surface area contributed by atoms with Crippen molar-refractivity contribution >= 4 is 42.7 Å². The largest absolute Gasteiger partial charge is 0.480 e. The Labute approximate surface area is 98.1 Å². The van der Waals surface area contributed by atoms with Gasteiger partial charge < -0.3 is 15.3 Å². The van der Waals surface area contributed by atoms with Crippen molar-refractivity contribution in [2.24, 2.45) is 5.41 Å². The van der Waals surface area contributed by atoms with Gasteiger partial charge >= 0.3 is 17.9 Å². The normalized spacial score (nSPS) is 9.40. The molecule has 0 fully saturated rings. The van der Waals surface area contributed by atoms with Crippen molar-refractivity contribution in [3.63, 3.8) is 0 Å². The molecule has 0 aromatic rings. The van der Waals surface area contributed by atoms with E-state index in [-0.39, 0.29) is 31.2 Å². The maximum atomic E-state index is 10.5. The summed E-state index contributed by atoms with van der Waals surface area (Å²) in [7, 11) is 0. The fourth-order valence-electron chi connectivity index (χ4n) is 0.970. The molecular weight excluding hydrogens is 251 g/mol. The second kappa shape index (κ2) is 7.30. The van der Waals surface area contributed by atoms with Gasteiger partial charge in [-0.15, -0.1) is 24.8 Å². The molecular formula is C7H12Cl2O6. The zero-order valence-corrected chi connectivity index (χ0v) is 9.43. The summed E-state index contributed by atoms with van der Waals surface area (Å²) in [6, 6.07) is 0. The summed E-state index contributed by atoms with van der Waals surface area (Å²) in [5, 5.41) is 25.6. The van der Waals surface area contributed by atoms with E-state index < -0.39 is 29.7 Å². The van der Waals surface area contributed by atoms with E-state index in [1.165, 1.54) is 6.92 Å². The van der Waals surface area contributed by atoms with Crippen LogP contribution in [-0.4, -0.2) is 33.2 Å². The SMILES string of the molecule is CCCC(C(=O)O)(C(=O)O)C(=O)O.Cl.Cl. The number of carbonyl (C=O) groups is 3. The Kier molecular flexibility index (Phi) is 9.52. The average Bonchev–Trinajstić information content (AvgIpc) is 1.97. The highest BCUT2D eigenvalue weighted by Crippen LogP contribution is 2.25. The highest BCUT2D eigenvalue weighted by molar-refractivity contribution is 6.16. The lowest BCUT2D eigenvalue weighted by molar-refractivity contribution is -0.176. The van der Waals surface area contributed by atoms with Crippen LogP contribution >= 0.6 is 24.8 Å². The third kappa shape index (κ3) is 3.56. The molecule has 0 aliphatic carbocycles. The first-order valence-electron chi connectivity index (χ1n) is 3.59. The molecule has 8 heteroatoms. The zero-order valence-electron chi connectivity index (χ0n) is 7.80. The van der Waals surface area contributed by atoms with E-state index in [1.807, 2.05) is 0 Å². The van der Waals surface area contributed by atoms with Crippen molar-refractivity contribution in [3.05, 3.63) is 0 Å². The predicted octanol–water partition coefficient (Wildman–Crippen LogP) is 0.870. The molecule has 0 aromatic heterocycles. The Bertz CT molecular complexity index is 216. The second-order valence-electron chi connectivity index (χ2n) is 2.57. The summed E-state index contributed by atoms with van der Waals surface area (Å²) in [6.45, 7) is 1.52. The van der Waals surface area contributed by atoms with Gasteiger partial charge in [0.1, 0.15) is 0 Å². The molecule has 0 spiro atoms. The van der Waals surface area contributed by atoms with Crippen LogP contribution in [0.3, 0.4) is 0 Å². The van der Waals surface area contributed by atoms with Crippen LogP contribution in [0.5, 0.6) is 0 Å². The lowest BCUT2D eigenvalue weighted by Crippen LogP contribution is -2.46. The fraction of sp³-hybridized carbons (Fsp3) is 0.571. The molecule has 6 nitrogen and oxygen atoms in total. The number of carboxylic acids is 3. The molecule has 0 saturated carbocycles. The van der Waals surface area contributed by atoms with Crippen LogP contribution < -0.4 is 0 Å². The molecule has 0 bridgehead atoms. The minimum Gasteiger partial charge on any atom is -0.480 e. The second-order valence-corrected chi connectivity index (χ2v) is 2.57. The summed E-state index contributed by atoms with van der Waals surface area (Å²) in [5.74, 6) is -5.52. The molecule has 0 unspecified atom stereocenters. The van der Waals surface area contributed by atoms with Crippen molar-refractivity contribution < 1.29 is 29.7 Å². The monoisotopic (exact) mass is 262 g/mol. The minimum absolute atomic E-state index is 0. The van der Waals surface area contributed by atoms with Gasteiger partial charge in [0, 0.05) is 0 Å². The average molecular weight is 263 g/mol. The first-order chi connectivity index (χ1) is 5.89. The van der Waals surface area contributed by atoms with Gasteiger partial charge in [-0.1, -0.05) is 13.3 Å². The van der Waals surface area contributed by atoms with E-state index in [1.54, 1.807) is 0 Å². The third-order valence-corrected chi connectivity index (χ3v) is 1.72. The number of hydrogen-bond donors (Lipinski definition) is 3.